The maximum Gasteiger partial charge on any atom is 0.407 e. The molecule has 2 heterocycles. The van der Waals surface area contributed by atoms with Crippen LogP contribution in [0.4, 0.5) is 4.79 Å². The lowest BCUT2D eigenvalue weighted by Crippen LogP contribution is -2.48. The minimum Gasteiger partial charge on any atom is -0.446 e. The second-order valence-electron chi connectivity index (χ2n) is 14.5. The van der Waals surface area contributed by atoms with Gasteiger partial charge in [0.05, 0.1) is 34.7 Å². The summed E-state index contributed by atoms with van der Waals surface area (Å²) in [5.41, 5.74) is 6.48. The van der Waals surface area contributed by atoms with E-state index in [2.05, 4.69) is 79.8 Å². The van der Waals surface area contributed by atoms with Gasteiger partial charge in [0.25, 0.3) is 0 Å². The van der Waals surface area contributed by atoms with Crippen molar-refractivity contribution >= 4 is 18.2 Å². The molecule has 0 spiro atoms. The lowest BCUT2D eigenvalue weighted by Gasteiger charge is -2.40. The molecular weight excluding hydrogens is 643 g/mol. The summed E-state index contributed by atoms with van der Waals surface area (Å²) >= 11 is 0. The summed E-state index contributed by atoms with van der Waals surface area (Å²) in [5.74, 6) is 1.99. The van der Waals surface area contributed by atoms with Crippen LogP contribution < -0.4 is 5.32 Å². The van der Waals surface area contributed by atoms with Crippen molar-refractivity contribution in [2.75, 3.05) is 0 Å². The number of alkyl carbamates (subject to hydrolysis) is 1. The Kier molecular flexibility index (Phi) is 11.6. The van der Waals surface area contributed by atoms with Gasteiger partial charge in [-0.25, -0.2) is 4.79 Å². The Bertz CT molecular complexity index is 1990. The third kappa shape index (κ3) is 8.49. The van der Waals surface area contributed by atoms with E-state index in [4.69, 9.17) is 4.74 Å². The molecule has 52 heavy (non-hydrogen) atoms. The van der Waals surface area contributed by atoms with Gasteiger partial charge in [-0.05, 0) is 91.7 Å². The molecule has 8 atom stereocenters. The zero-order valence-electron chi connectivity index (χ0n) is 30.3. The fraction of sp³-hybridized carbons (Fsp3) is 0.333. The molecule has 4 aromatic rings. The van der Waals surface area contributed by atoms with E-state index in [1.54, 1.807) is 6.20 Å². The van der Waals surface area contributed by atoms with Crippen molar-refractivity contribution in [3.63, 3.8) is 0 Å². The van der Waals surface area contributed by atoms with Gasteiger partial charge in [-0.15, -0.1) is 0 Å². The van der Waals surface area contributed by atoms with Crippen molar-refractivity contribution in [3.8, 4) is 34.4 Å². The van der Waals surface area contributed by atoms with Crippen molar-refractivity contribution < 1.29 is 9.53 Å². The molecule has 1 amide bonds. The molecule has 1 N–H and O–H groups in total. The lowest BCUT2D eigenvalue weighted by molar-refractivity contribution is 0.0281. The monoisotopic (exact) mass is 688 g/mol. The summed E-state index contributed by atoms with van der Waals surface area (Å²) in [4.78, 5) is 22.7. The summed E-state index contributed by atoms with van der Waals surface area (Å²) in [5, 5.41) is 22.2. The summed E-state index contributed by atoms with van der Waals surface area (Å²) in [6, 6.07) is 27.4. The molecule has 263 valence electrons. The van der Waals surface area contributed by atoms with Crippen molar-refractivity contribution in [2.24, 2.45) is 35.5 Å². The Morgan fingerprint density at radius 3 is 1.88 bits per heavy atom. The molecule has 2 aliphatic rings. The predicted molar refractivity (Wildman–Crippen MR) is 206 cm³/mol. The minimum absolute atomic E-state index is 0.0883. The van der Waals surface area contributed by atoms with E-state index in [1.807, 2.05) is 85.1 Å². The Morgan fingerprint density at radius 1 is 0.750 bits per heavy atom. The molecule has 7 heteroatoms. The van der Waals surface area contributed by atoms with E-state index >= 15 is 0 Å². The third-order valence-corrected chi connectivity index (χ3v) is 11.3. The van der Waals surface area contributed by atoms with Crippen molar-refractivity contribution in [1.82, 2.24) is 15.3 Å². The average molecular weight is 689 g/mol. The molecule has 6 rings (SSSR count). The number of allylic oxidation sites excluding steroid dienone is 1. The van der Waals surface area contributed by atoms with Crippen molar-refractivity contribution in [3.05, 3.63) is 126 Å². The van der Waals surface area contributed by atoms with Gasteiger partial charge in [-0.2, -0.15) is 10.5 Å². The standard InChI is InChI=1S/C45H46N5O2/c1-29-13-22-44(41(32(29)4)21-20-39-19-16-37(28-49-39)43-12-8-6-10-35(43)26-47)50-45(51)52-40-23-30(2)31(3)33(24-40)14-17-38-18-15-36(27-48-38)42-11-7-5-9-34(42)25-46/h5-12,14-22,27-33,40-41,44H,13,23-24H2,1-4H3,(H,50,51)/b17-14+,21-20+/t29-,30-,31+,32+,33+,40?,41-,44+/m0/s1. The van der Waals surface area contributed by atoms with Gasteiger partial charge in [-0.3, -0.25) is 9.97 Å². The van der Waals surface area contributed by atoms with E-state index < -0.39 is 0 Å². The highest BCUT2D eigenvalue weighted by atomic mass is 16.6. The first kappa shape index (κ1) is 36.3. The van der Waals surface area contributed by atoms with E-state index in [9.17, 15) is 15.3 Å². The summed E-state index contributed by atoms with van der Waals surface area (Å²) < 4.78 is 6.12. The van der Waals surface area contributed by atoms with Crippen LogP contribution in [0.15, 0.2) is 97.3 Å². The molecule has 0 aliphatic heterocycles. The Morgan fingerprint density at radius 2 is 1.33 bits per heavy atom. The number of aromatic nitrogens is 2. The molecule has 2 aromatic carbocycles. The summed E-state index contributed by atoms with van der Waals surface area (Å²) in [7, 11) is 0. The Balaban J connectivity index is 1.08. The number of ether oxygens (including phenoxy) is 1. The number of nitriles is 2. The second-order valence-corrected chi connectivity index (χ2v) is 14.5. The second kappa shape index (κ2) is 16.7. The van der Waals surface area contributed by atoms with Gasteiger partial charge in [-0.1, -0.05) is 88.4 Å². The van der Waals surface area contributed by atoms with Crippen LogP contribution in [0.5, 0.6) is 0 Å². The number of carbonyl (C=O) groups is 1. The molecule has 2 saturated carbocycles. The lowest BCUT2D eigenvalue weighted by atomic mass is 9.71. The molecule has 0 saturated heterocycles. The predicted octanol–water partition coefficient (Wildman–Crippen LogP) is 9.92. The molecule has 7 nitrogen and oxygen atoms in total. The number of amides is 1. The van der Waals surface area contributed by atoms with Crippen LogP contribution in [0.2, 0.25) is 0 Å². The number of nitrogens with zero attached hydrogens (tertiary/aromatic N) is 4. The van der Waals surface area contributed by atoms with Crippen LogP contribution in [0.1, 0.15) is 69.5 Å². The SMILES string of the molecule is C[C@H]1[C@H](/C=C/c2ccc(-c3ccccc3C#N)cn2)[C@H](NC(=O)OC2C[C@@H](/C=C/c3ccc(-c4ccccc4C#N)cn3)[C@H](C)[C@@H](C)C2)[CH]C[C@@H]1C. The van der Waals surface area contributed by atoms with Gasteiger partial charge in [0.1, 0.15) is 6.10 Å². The van der Waals surface area contributed by atoms with Crippen LogP contribution in [0.25, 0.3) is 34.4 Å². The molecular formula is C45H46N5O2. The Labute approximate surface area is 308 Å². The number of hydrogen-bond donors (Lipinski definition) is 1. The number of carbonyl (C=O) groups excluding carboxylic acids is 1. The number of pyridine rings is 2. The Hall–Kier alpha value is -5.53. The largest absolute Gasteiger partial charge is 0.446 e. The highest BCUT2D eigenvalue weighted by Crippen LogP contribution is 2.38. The van der Waals surface area contributed by atoms with Crippen LogP contribution in [0, 0.1) is 64.6 Å². The fourth-order valence-electron chi connectivity index (χ4n) is 7.65. The third-order valence-electron chi connectivity index (χ3n) is 11.3. The molecule has 1 unspecified atom stereocenters. The smallest absolute Gasteiger partial charge is 0.407 e. The van der Waals surface area contributed by atoms with Crippen LogP contribution >= 0.6 is 0 Å². The highest BCUT2D eigenvalue weighted by Gasteiger charge is 2.37. The van der Waals surface area contributed by atoms with Crippen LogP contribution in [0.3, 0.4) is 0 Å². The highest BCUT2D eigenvalue weighted by molar-refractivity contribution is 5.71. The number of nitrogens with one attached hydrogen (secondary N) is 1. The molecule has 0 bridgehead atoms. The van der Waals surface area contributed by atoms with E-state index in [1.165, 1.54) is 0 Å². The fourth-order valence-corrected chi connectivity index (χ4v) is 7.65. The normalized spacial score (nSPS) is 26.0. The first-order chi connectivity index (χ1) is 25.2. The maximum absolute atomic E-state index is 13.4. The average Bonchev–Trinajstić information content (AvgIpc) is 3.17. The van der Waals surface area contributed by atoms with Crippen LogP contribution in [-0.4, -0.2) is 28.2 Å². The maximum atomic E-state index is 13.4. The minimum atomic E-state index is -0.371. The first-order valence-corrected chi connectivity index (χ1v) is 18.3. The molecule has 2 aliphatic carbocycles. The van der Waals surface area contributed by atoms with Gasteiger partial charge < -0.3 is 10.1 Å². The van der Waals surface area contributed by atoms with Gasteiger partial charge in [0.2, 0.25) is 0 Å². The number of rotatable bonds is 8. The zero-order chi connectivity index (χ0) is 36.6. The van der Waals surface area contributed by atoms with E-state index in [-0.39, 0.29) is 30.1 Å². The van der Waals surface area contributed by atoms with Crippen molar-refractivity contribution in [1.29, 1.82) is 10.5 Å². The van der Waals surface area contributed by atoms with Gasteiger partial charge in [0.15, 0.2) is 0 Å². The van der Waals surface area contributed by atoms with Crippen molar-refractivity contribution in [2.45, 2.75) is 59.1 Å². The van der Waals surface area contributed by atoms with E-state index in [0.29, 0.717) is 34.8 Å². The molecule has 2 aromatic heterocycles. The molecule has 2 fully saturated rings. The first-order valence-electron chi connectivity index (χ1n) is 18.3. The van der Waals surface area contributed by atoms with Gasteiger partial charge in [0, 0.05) is 46.6 Å². The topological polar surface area (TPSA) is 112 Å². The molecule has 1 radical (unpaired) electrons. The summed E-state index contributed by atoms with van der Waals surface area (Å²) in [6.45, 7) is 9.01. The van der Waals surface area contributed by atoms with E-state index in [0.717, 1.165) is 52.9 Å². The van der Waals surface area contributed by atoms with Gasteiger partial charge >= 0.3 is 6.09 Å². The quantitative estimate of drug-likeness (QED) is 0.197. The zero-order valence-corrected chi connectivity index (χ0v) is 30.3. The number of benzene rings is 2. The number of hydrogen-bond acceptors (Lipinski definition) is 6. The summed E-state index contributed by atoms with van der Waals surface area (Å²) in [6.07, 6.45) is 16.3. The van der Waals surface area contributed by atoms with Crippen LogP contribution in [-0.2, 0) is 4.74 Å².